The number of piperidine rings is 1. The summed E-state index contributed by atoms with van der Waals surface area (Å²) in [5, 5.41) is 8.91. The number of amides is 1. The number of fused-ring (bicyclic) bond motifs is 1. The van der Waals surface area contributed by atoms with Crippen molar-refractivity contribution in [2.75, 3.05) is 13.1 Å². The third kappa shape index (κ3) is 3.27. The Hall–Kier alpha value is -2.31. The third-order valence-corrected chi connectivity index (χ3v) is 5.21. The molecule has 4 heterocycles. The van der Waals surface area contributed by atoms with Crippen LogP contribution in [0.25, 0.3) is 0 Å². The van der Waals surface area contributed by atoms with Gasteiger partial charge in [0.05, 0.1) is 11.9 Å². The maximum Gasteiger partial charge on any atom is 0.274 e. The third-order valence-electron chi connectivity index (χ3n) is 5.21. The van der Waals surface area contributed by atoms with Crippen molar-refractivity contribution in [3.8, 4) is 0 Å². The van der Waals surface area contributed by atoms with Crippen LogP contribution >= 0.6 is 0 Å². The fourth-order valence-electron chi connectivity index (χ4n) is 3.85. The second-order valence-corrected chi connectivity index (χ2v) is 7.07. The van der Waals surface area contributed by atoms with Crippen molar-refractivity contribution in [1.29, 1.82) is 0 Å². The average Bonchev–Trinajstić information content (AvgIpc) is 2.90. The summed E-state index contributed by atoms with van der Waals surface area (Å²) in [5.41, 5.74) is 1.24. The van der Waals surface area contributed by atoms with Gasteiger partial charge in [-0.2, -0.15) is 0 Å². The average molecular weight is 340 g/mol. The first kappa shape index (κ1) is 16.2. The lowest BCUT2D eigenvalue weighted by molar-refractivity contribution is 0.0696. The maximum atomic E-state index is 12.8. The molecule has 0 spiro atoms. The molecule has 7 nitrogen and oxygen atoms in total. The van der Waals surface area contributed by atoms with Crippen LogP contribution in [0.15, 0.2) is 12.4 Å². The number of rotatable bonds is 2. The van der Waals surface area contributed by atoms with Crippen LogP contribution in [0.1, 0.15) is 65.9 Å². The van der Waals surface area contributed by atoms with Gasteiger partial charge in [0, 0.05) is 38.2 Å². The van der Waals surface area contributed by atoms with Crippen LogP contribution in [0.4, 0.5) is 0 Å². The van der Waals surface area contributed by atoms with Crippen LogP contribution in [-0.4, -0.2) is 48.6 Å². The highest BCUT2D eigenvalue weighted by Crippen LogP contribution is 2.28. The van der Waals surface area contributed by atoms with E-state index in [1.807, 2.05) is 11.8 Å². The van der Waals surface area contributed by atoms with Crippen LogP contribution < -0.4 is 0 Å². The smallest absolute Gasteiger partial charge is 0.274 e. The summed E-state index contributed by atoms with van der Waals surface area (Å²) >= 11 is 0. The molecule has 1 atom stereocenters. The van der Waals surface area contributed by atoms with Gasteiger partial charge in [0.2, 0.25) is 0 Å². The standard InChI is InChI=1S/C18H24N6O/c1-13-10-20-15(11-19-13)18(25)23-8-5-6-14(12-23)17-22-21-16-7-3-2-4-9-24(16)17/h10-11,14H,2-9,12H2,1H3/t14-/m1/s1. The lowest BCUT2D eigenvalue weighted by Crippen LogP contribution is -2.40. The van der Waals surface area contributed by atoms with Gasteiger partial charge in [0.1, 0.15) is 17.3 Å². The molecule has 0 aliphatic carbocycles. The van der Waals surface area contributed by atoms with Crippen molar-refractivity contribution in [3.63, 3.8) is 0 Å². The Morgan fingerprint density at radius 3 is 2.84 bits per heavy atom. The molecule has 2 aliphatic heterocycles. The predicted molar refractivity (Wildman–Crippen MR) is 92.2 cm³/mol. The number of carbonyl (C=O) groups is 1. The number of hydrogen-bond donors (Lipinski definition) is 0. The monoisotopic (exact) mass is 340 g/mol. The summed E-state index contributed by atoms with van der Waals surface area (Å²) < 4.78 is 2.30. The van der Waals surface area contributed by atoms with Gasteiger partial charge < -0.3 is 9.47 Å². The Balaban J connectivity index is 1.52. The molecule has 4 rings (SSSR count). The van der Waals surface area contributed by atoms with Crippen LogP contribution in [0.5, 0.6) is 0 Å². The van der Waals surface area contributed by atoms with Gasteiger partial charge in [0.15, 0.2) is 0 Å². The molecule has 0 N–H and O–H groups in total. The first-order valence-corrected chi connectivity index (χ1v) is 9.22. The zero-order chi connectivity index (χ0) is 17.2. The summed E-state index contributed by atoms with van der Waals surface area (Å²) in [6.45, 7) is 4.33. The van der Waals surface area contributed by atoms with E-state index >= 15 is 0 Å². The Morgan fingerprint density at radius 1 is 1.08 bits per heavy atom. The minimum Gasteiger partial charge on any atom is -0.337 e. The molecule has 7 heteroatoms. The molecule has 132 valence electrons. The van der Waals surface area contributed by atoms with E-state index in [9.17, 15) is 4.79 Å². The Bertz CT molecular complexity index is 753. The van der Waals surface area contributed by atoms with E-state index in [2.05, 4.69) is 24.7 Å². The molecule has 0 bridgehead atoms. The van der Waals surface area contributed by atoms with E-state index in [0.717, 1.165) is 49.7 Å². The molecule has 0 saturated carbocycles. The molecular formula is C18H24N6O. The van der Waals surface area contributed by atoms with Gasteiger partial charge in [0.25, 0.3) is 5.91 Å². The van der Waals surface area contributed by atoms with Gasteiger partial charge in [-0.1, -0.05) is 6.42 Å². The molecule has 1 saturated heterocycles. The second-order valence-electron chi connectivity index (χ2n) is 7.07. The molecule has 0 radical (unpaired) electrons. The molecule has 0 aromatic carbocycles. The Morgan fingerprint density at radius 2 is 2.00 bits per heavy atom. The lowest BCUT2D eigenvalue weighted by atomic mass is 9.96. The van der Waals surface area contributed by atoms with E-state index in [-0.39, 0.29) is 11.8 Å². The number of likely N-dealkylation sites (tertiary alicyclic amines) is 1. The molecule has 2 aromatic heterocycles. The van der Waals surface area contributed by atoms with Gasteiger partial charge in [-0.15, -0.1) is 10.2 Å². The first-order valence-electron chi connectivity index (χ1n) is 9.22. The summed E-state index contributed by atoms with van der Waals surface area (Å²) in [4.78, 5) is 23.1. The number of aromatic nitrogens is 5. The largest absolute Gasteiger partial charge is 0.337 e. The van der Waals surface area contributed by atoms with E-state index < -0.39 is 0 Å². The zero-order valence-electron chi connectivity index (χ0n) is 14.7. The van der Waals surface area contributed by atoms with E-state index in [4.69, 9.17) is 0 Å². The molecule has 25 heavy (non-hydrogen) atoms. The number of nitrogens with zero attached hydrogens (tertiary/aromatic N) is 6. The molecule has 0 unspecified atom stereocenters. The quantitative estimate of drug-likeness (QED) is 0.837. The predicted octanol–water partition coefficient (Wildman–Crippen LogP) is 2.12. The van der Waals surface area contributed by atoms with Crippen molar-refractivity contribution < 1.29 is 4.79 Å². The molecule has 1 amide bonds. The van der Waals surface area contributed by atoms with E-state index in [1.165, 1.54) is 19.3 Å². The van der Waals surface area contributed by atoms with Crippen molar-refractivity contribution in [2.45, 2.75) is 57.9 Å². The fourth-order valence-corrected chi connectivity index (χ4v) is 3.85. The van der Waals surface area contributed by atoms with Crippen LogP contribution in [-0.2, 0) is 13.0 Å². The van der Waals surface area contributed by atoms with Crippen LogP contribution in [0.3, 0.4) is 0 Å². The highest BCUT2D eigenvalue weighted by atomic mass is 16.2. The number of carbonyl (C=O) groups excluding carboxylic acids is 1. The van der Waals surface area contributed by atoms with Crippen molar-refractivity contribution in [2.24, 2.45) is 0 Å². The summed E-state index contributed by atoms with van der Waals surface area (Å²) in [6, 6.07) is 0. The summed E-state index contributed by atoms with van der Waals surface area (Å²) in [7, 11) is 0. The van der Waals surface area contributed by atoms with Gasteiger partial charge >= 0.3 is 0 Å². The normalized spacial score (nSPS) is 20.8. The molecular weight excluding hydrogens is 316 g/mol. The minimum atomic E-state index is -0.0344. The van der Waals surface area contributed by atoms with Crippen molar-refractivity contribution >= 4 is 5.91 Å². The zero-order valence-corrected chi connectivity index (χ0v) is 14.7. The first-order chi connectivity index (χ1) is 12.2. The van der Waals surface area contributed by atoms with Gasteiger partial charge in [-0.25, -0.2) is 4.98 Å². The van der Waals surface area contributed by atoms with Crippen LogP contribution in [0.2, 0.25) is 0 Å². The highest BCUT2D eigenvalue weighted by Gasteiger charge is 2.30. The van der Waals surface area contributed by atoms with E-state index in [1.54, 1.807) is 12.4 Å². The maximum absolute atomic E-state index is 12.8. The van der Waals surface area contributed by atoms with Crippen molar-refractivity contribution in [1.82, 2.24) is 29.6 Å². The fraction of sp³-hybridized carbons (Fsp3) is 0.611. The lowest BCUT2D eigenvalue weighted by Gasteiger charge is -2.32. The van der Waals surface area contributed by atoms with E-state index in [0.29, 0.717) is 12.2 Å². The molecule has 1 fully saturated rings. The number of aryl methyl sites for hydroxylation is 2. The van der Waals surface area contributed by atoms with Gasteiger partial charge in [-0.05, 0) is 32.6 Å². The Kier molecular flexibility index (Phi) is 4.46. The topological polar surface area (TPSA) is 76.8 Å². The van der Waals surface area contributed by atoms with Crippen molar-refractivity contribution in [3.05, 3.63) is 35.4 Å². The number of hydrogen-bond acceptors (Lipinski definition) is 5. The summed E-state index contributed by atoms with van der Waals surface area (Å²) in [5.74, 6) is 2.40. The minimum absolute atomic E-state index is 0.0344. The SMILES string of the molecule is Cc1cnc(C(=O)N2CCC[C@@H](c3nnc4n3CCCCC4)C2)cn1. The Labute approximate surface area is 147 Å². The summed E-state index contributed by atoms with van der Waals surface area (Å²) in [6.07, 6.45) is 9.91. The van der Waals surface area contributed by atoms with Gasteiger partial charge in [-0.3, -0.25) is 9.78 Å². The van der Waals surface area contributed by atoms with Crippen LogP contribution in [0, 0.1) is 6.92 Å². The highest BCUT2D eigenvalue weighted by molar-refractivity contribution is 5.92. The second kappa shape index (κ2) is 6.90. The molecule has 2 aromatic rings. The molecule has 2 aliphatic rings.